The van der Waals surface area contributed by atoms with Gasteiger partial charge in [-0.2, -0.15) is 11.3 Å². The number of carbonyl (C=O) groups excluding carboxylic acids is 2. The molecule has 0 radical (unpaired) electrons. The van der Waals surface area contributed by atoms with E-state index in [4.69, 9.17) is 0 Å². The van der Waals surface area contributed by atoms with Gasteiger partial charge in [0.25, 0.3) is 0 Å². The molecule has 0 bridgehead atoms. The van der Waals surface area contributed by atoms with Gasteiger partial charge in [0.15, 0.2) is 0 Å². The van der Waals surface area contributed by atoms with Crippen molar-refractivity contribution in [1.82, 2.24) is 10.2 Å². The summed E-state index contributed by atoms with van der Waals surface area (Å²) in [6.45, 7) is 7.87. The Hall–Kier alpha value is -1.36. The van der Waals surface area contributed by atoms with Crippen LogP contribution >= 0.6 is 11.3 Å². The maximum Gasteiger partial charge on any atom is 0.246 e. The number of hydrogen-bond acceptors (Lipinski definition) is 3. The first kappa shape index (κ1) is 15.0. The van der Waals surface area contributed by atoms with E-state index in [1.807, 2.05) is 44.5 Å². The summed E-state index contributed by atoms with van der Waals surface area (Å²) >= 11 is 1.61. The number of hydrogen-bond donors (Lipinski definition) is 1. The molecule has 1 aromatic rings. The minimum absolute atomic E-state index is 0.0325. The van der Waals surface area contributed by atoms with Gasteiger partial charge in [-0.1, -0.05) is 20.8 Å². The molecular weight excluding hydrogens is 272 g/mol. The molecule has 4 nitrogen and oxygen atoms in total. The number of piperazine rings is 1. The summed E-state index contributed by atoms with van der Waals surface area (Å²) in [5.74, 6) is 0.0967. The van der Waals surface area contributed by atoms with Crippen LogP contribution in [0.4, 0.5) is 0 Å². The summed E-state index contributed by atoms with van der Waals surface area (Å²) in [7, 11) is 0. The molecule has 1 N–H and O–H groups in total. The van der Waals surface area contributed by atoms with Gasteiger partial charge in [0.1, 0.15) is 12.1 Å². The Balaban J connectivity index is 2.34. The molecule has 0 aromatic carbocycles. The molecule has 0 saturated carbocycles. The van der Waals surface area contributed by atoms with E-state index >= 15 is 0 Å². The Morgan fingerprint density at radius 3 is 2.55 bits per heavy atom. The van der Waals surface area contributed by atoms with Crippen molar-refractivity contribution in [2.75, 3.05) is 0 Å². The van der Waals surface area contributed by atoms with E-state index in [-0.39, 0.29) is 29.8 Å². The lowest BCUT2D eigenvalue weighted by atomic mass is 9.94. The van der Waals surface area contributed by atoms with Gasteiger partial charge in [0, 0.05) is 0 Å². The van der Waals surface area contributed by atoms with Gasteiger partial charge in [0.05, 0.1) is 6.04 Å². The zero-order valence-electron chi connectivity index (χ0n) is 12.4. The van der Waals surface area contributed by atoms with Crippen LogP contribution in [0.15, 0.2) is 16.8 Å². The van der Waals surface area contributed by atoms with E-state index in [1.165, 1.54) is 0 Å². The zero-order valence-corrected chi connectivity index (χ0v) is 13.2. The number of amides is 2. The molecule has 20 heavy (non-hydrogen) atoms. The maximum atomic E-state index is 12.7. The summed E-state index contributed by atoms with van der Waals surface area (Å²) in [6.07, 6.45) is 0.636. The van der Waals surface area contributed by atoms with Crippen LogP contribution in [-0.4, -0.2) is 28.8 Å². The predicted octanol–water partition coefficient (Wildman–Crippen LogP) is 2.57. The first-order valence-electron chi connectivity index (χ1n) is 7.12. The van der Waals surface area contributed by atoms with E-state index in [1.54, 1.807) is 16.2 Å². The van der Waals surface area contributed by atoms with Crippen LogP contribution in [0.1, 0.15) is 45.7 Å². The Morgan fingerprint density at radius 2 is 2.05 bits per heavy atom. The highest BCUT2D eigenvalue weighted by Gasteiger charge is 2.43. The van der Waals surface area contributed by atoms with Crippen LogP contribution in [0.25, 0.3) is 0 Å². The van der Waals surface area contributed by atoms with Crippen molar-refractivity contribution in [1.29, 1.82) is 0 Å². The monoisotopic (exact) mass is 294 g/mol. The minimum atomic E-state index is -0.411. The second-order valence-corrected chi connectivity index (χ2v) is 6.41. The molecule has 5 heteroatoms. The normalized spacial score (nSPS) is 24.9. The standard InChI is InChI=1S/C15H22N2O2S/c1-5-12-14(18)16-13(9(2)3)15(19)17(12)10(4)11-6-7-20-8-11/h6-10,12-13H,5H2,1-4H3,(H,16,18). The second kappa shape index (κ2) is 5.95. The zero-order chi connectivity index (χ0) is 14.9. The van der Waals surface area contributed by atoms with E-state index in [9.17, 15) is 9.59 Å². The second-order valence-electron chi connectivity index (χ2n) is 5.63. The van der Waals surface area contributed by atoms with Gasteiger partial charge in [0.2, 0.25) is 11.8 Å². The lowest BCUT2D eigenvalue weighted by Crippen LogP contribution is -2.64. The number of thiophene rings is 1. The molecule has 2 heterocycles. The van der Waals surface area contributed by atoms with Crippen molar-refractivity contribution in [3.05, 3.63) is 22.4 Å². The lowest BCUT2D eigenvalue weighted by Gasteiger charge is -2.43. The van der Waals surface area contributed by atoms with Crippen LogP contribution in [-0.2, 0) is 9.59 Å². The molecule has 3 atom stereocenters. The van der Waals surface area contributed by atoms with Gasteiger partial charge in [-0.05, 0) is 41.7 Å². The highest BCUT2D eigenvalue weighted by molar-refractivity contribution is 7.07. The number of carbonyl (C=O) groups is 2. The fourth-order valence-corrected chi connectivity index (χ4v) is 3.47. The third-order valence-electron chi connectivity index (χ3n) is 3.95. The minimum Gasteiger partial charge on any atom is -0.342 e. The lowest BCUT2D eigenvalue weighted by molar-refractivity contribution is -0.153. The molecule has 0 spiro atoms. The van der Waals surface area contributed by atoms with E-state index in [0.29, 0.717) is 6.42 Å². The summed E-state index contributed by atoms with van der Waals surface area (Å²) in [4.78, 5) is 26.8. The van der Waals surface area contributed by atoms with Crippen molar-refractivity contribution in [3.8, 4) is 0 Å². The molecule has 1 fully saturated rings. The average Bonchev–Trinajstić information content (AvgIpc) is 2.93. The van der Waals surface area contributed by atoms with Gasteiger partial charge >= 0.3 is 0 Å². The molecular formula is C15H22N2O2S. The largest absolute Gasteiger partial charge is 0.342 e. The van der Waals surface area contributed by atoms with Crippen LogP contribution in [0.3, 0.4) is 0 Å². The van der Waals surface area contributed by atoms with Gasteiger partial charge in [-0.3, -0.25) is 9.59 Å². The van der Waals surface area contributed by atoms with Gasteiger partial charge in [-0.25, -0.2) is 0 Å². The Morgan fingerprint density at radius 1 is 1.35 bits per heavy atom. The molecule has 1 saturated heterocycles. The third kappa shape index (κ3) is 2.59. The van der Waals surface area contributed by atoms with E-state index < -0.39 is 6.04 Å². The van der Waals surface area contributed by atoms with Crippen molar-refractivity contribution in [2.24, 2.45) is 5.92 Å². The van der Waals surface area contributed by atoms with Crippen molar-refractivity contribution < 1.29 is 9.59 Å². The fraction of sp³-hybridized carbons (Fsp3) is 0.600. The Bertz CT molecular complexity index is 484. The summed E-state index contributed by atoms with van der Waals surface area (Å²) in [5, 5.41) is 6.91. The maximum absolute atomic E-state index is 12.7. The summed E-state index contributed by atoms with van der Waals surface area (Å²) in [6, 6.07) is 1.18. The van der Waals surface area contributed by atoms with Crippen molar-refractivity contribution >= 4 is 23.2 Å². The first-order chi connectivity index (χ1) is 9.47. The smallest absolute Gasteiger partial charge is 0.246 e. The SMILES string of the molecule is CCC1C(=O)NC(C(C)C)C(=O)N1C(C)c1ccsc1. The third-order valence-corrected chi connectivity index (χ3v) is 4.65. The molecule has 0 aliphatic carbocycles. The van der Waals surface area contributed by atoms with Crippen LogP contribution in [0.2, 0.25) is 0 Å². The molecule has 1 aliphatic heterocycles. The van der Waals surface area contributed by atoms with Crippen LogP contribution < -0.4 is 5.32 Å². The van der Waals surface area contributed by atoms with E-state index in [0.717, 1.165) is 5.56 Å². The number of nitrogens with one attached hydrogen (secondary N) is 1. The van der Waals surface area contributed by atoms with Crippen molar-refractivity contribution in [3.63, 3.8) is 0 Å². The average molecular weight is 294 g/mol. The van der Waals surface area contributed by atoms with Crippen molar-refractivity contribution in [2.45, 2.75) is 52.2 Å². The highest BCUT2D eigenvalue weighted by Crippen LogP contribution is 2.29. The molecule has 2 amide bonds. The predicted molar refractivity (Wildman–Crippen MR) is 80.4 cm³/mol. The Labute approximate surface area is 124 Å². The molecule has 1 aliphatic rings. The molecule has 2 rings (SSSR count). The molecule has 1 aromatic heterocycles. The summed E-state index contributed by atoms with van der Waals surface area (Å²) < 4.78 is 0. The van der Waals surface area contributed by atoms with E-state index in [2.05, 4.69) is 5.32 Å². The highest BCUT2D eigenvalue weighted by atomic mass is 32.1. The fourth-order valence-electron chi connectivity index (χ4n) is 2.72. The van der Waals surface area contributed by atoms with Gasteiger partial charge in [-0.15, -0.1) is 0 Å². The van der Waals surface area contributed by atoms with Crippen LogP contribution in [0.5, 0.6) is 0 Å². The molecule has 110 valence electrons. The Kier molecular flexibility index (Phi) is 4.48. The molecule has 3 unspecified atom stereocenters. The summed E-state index contributed by atoms with van der Waals surface area (Å²) in [5.41, 5.74) is 1.10. The quantitative estimate of drug-likeness (QED) is 0.928. The first-order valence-corrected chi connectivity index (χ1v) is 8.06. The topological polar surface area (TPSA) is 49.4 Å². The van der Waals surface area contributed by atoms with Gasteiger partial charge < -0.3 is 10.2 Å². The van der Waals surface area contributed by atoms with Crippen LogP contribution in [0, 0.1) is 5.92 Å². The number of rotatable bonds is 4. The number of nitrogens with zero attached hydrogens (tertiary/aromatic N) is 1.